The van der Waals surface area contributed by atoms with Crippen LogP contribution in [0.5, 0.6) is 0 Å². The van der Waals surface area contributed by atoms with Crippen molar-refractivity contribution in [2.45, 2.75) is 13.0 Å². The van der Waals surface area contributed by atoms with Crippen LogP contribution in [0.1, 0.15) is 13.0 Å². The zero-order chi connectivity index (χ0) is 13.1. The lowest BCUT2D eigenvalue weighted by atomic mass is 10.3. The van der Waals surface area contributed by atoms with E-state index in [1.165, 1.54) is 0 Å². The van der Waals surface area contributed by atoms with E-state index in [9.17, 15) is 4.79 Å². The average Bonchev–Trinajstić information content (AvgIpc) is 2.86. The lowest BCUT2D eigenvalue weighted by Gasteiger charge is -2.13. The molecule has 5 nitrogen and oxygen atoms in total. The van der Waals surface area contributed by atoms with E-state index in [1.807, 2.05) is 0 Å². The summed E-state index contributed by atoms with van der Waals surface area (Å²) in [6, 6.07) is 3.04. The Bertz CT molecular complexity index is 558. The van der Waals surface area contributed by atoms with Crippen molar-refractivity contribution in [1.29, 1.82) is 0 Å². The molecule has 0 fully saturated rings. The average molecular weight is 330 g/mol. The van der Waals surface area contributed by atoms with Gasteiger partial charge in [-0.05, 0) is 35.0 Å². The third-order valence-electron chi connectivity index (χ3n) is 2.36. The summed E-state index contributed by atoms with van der Waals surface area (Å²) in [4.78, 5) is 15.9. The Morgan fingerprint density at radius 1 is 1.61 bits per heavy atom. The molecule has 2 aromatic rings. The highest BCUT2D eigenvalue weighted by Crippen LogP contribution is 2.23. The van der Waals surface area contributed by atoms with Crippen molar-refractivity contribution >= 4 is 39.1 Å². The maximum Gasteiger partial charge on any atom is 0.249 e. The molecule has 2 rings (SSSR count). The summed E-state index contributed by atoms with van der Waals surface area (Å²) in [5, 5.41) is 6.98. The molecule has 0 saturated carbocycles. The second-order valence-corrected chi connectivity index (χ2v) is 4.92. The second-order valence-electron chi connectivity index (χ2n) is 3.64. The van der Waals surface area contributed by atoms with Crippen molar-refractivity contribution in [1.82, 2.24) is 14.8 Å². The van der Waals surface area contributed by atoms with Gasteiger partial charge in [-0.15, -0.1) is 0 Å². The standard InChI is InChI=1S/C11H10BrClN4O/c1-7(17-4-2-3-15-17)11(18)16-9-5-8(12)6-14-10(9)13/h2-7H,1H3,(H,16,18). The van der Waals surface area contributed by atoms with Crippen molar-refractivity contribution in [3.63, 3.8) is 0 Å². The van der Waals surface area contributed by atoms with Gasteiger partial charge in [0.15, 0.2) is 5.15 Å². The minimum atomic E-state index is -0.421. The van der Waals surface area contributed by atoms with Gasteiger partial charge in [-0.1, -0.05) is 11.6 Å². The molecule has 18 heavy (non-hydrogen) atoms. The van der Waals surface area contributed by atoms with Crippen LogP contribution in [0.2, 0.25) is 5.15 Å². The van der Waals surface area contributed by atoms with Crippen molar-refractivity contribution in [3.8, 4) is 0 Å². The molecule has 1 atom stereocenters. The Balaban J connectivity index is 2.14. The number of carbonyl (C=O) groups is 1. The zero-order valence-corrected chi connectivity index (χ0v) is 11.8. The van der Waals surface area contributed by atoms with E-state index in [0.29, 0.717) is 5.69 Å². The highest BCUT2D eigenvalue weighted by atomic mass is 79.9. The Labute approximate surface area is 117 Å². The van der Waals surface area contributed by atoms with E-state index in [-0.39, 0.29) is 11.1 Å². The van der Waals surface area contributed by atoms with Crippen molar-refractivity contribution in [2.75, 3.05) is 5.32 Å². The quantitative estimate of drug-likeness (QED) is 0.881. The third kappa shape index (κ3) is 2.88. The Morgan fingerprint density at radius 3 is 3.06 bits per heavy atom. The monoisotopic (exact) mass is 328 g/mol. The van der Waals surface area contributed by atoms with Gasteiger partial charge in [-0.3, -0.25) is 9.48 Å². The number of halogens is 2. The largest absolute Gasteiger partial charge is 0.322 e. The van der Waals surface area contributed by atoms with Gasteiger partial charge in [0.25, 0.3) is 0 Å². The summed E-state index contributed by atoms with van der Waals surface area (Å²) >= 11 is 9.17. The molecule has 2 heterocycles. The molecule has 0 bridgehead atoms. The summed E-state index contributed by atoms with van der Waals surface area (Å²) in [6.07, 6.45) is 4.91. The van der Waals surface area contributed by atoms with Crippen LogP contribution in [-0.2, 0) is 4.79 Å². The van der Waals surface area contributed by atoms with Crippen LogP contribution in [-0.4, -0.2) is 20.7 Å². The molecular weight excluding hydrogens is 320 g/mol. The van der Waals surface area contributed by atoms with E-state index in [1.54, 1.807) is 42.3 Å². The van der Waals surface area contributed by atoms with Crippen LogP contribution in [0, 0.1) is 0 Å². The Hall–Kier alpha value is -1.40. The first-order chi connectivity index (χ1) is 8.58. The number of nitrogens with zero attached hydrogens (tertiary/aromatic N) is 3. The molecular formula is C11H10BrClN4O. The van der Waals surface area contributed by atoms with Gasteiger partial charge in [-0.25, -0.2) is 4.98 Å². The first kappa shape index (κ1) is 13.0. The maximum atomic E-state index is 12.0. The van der Waals surface area contributed by atoms with E-state index >= 15 is 0 Å². The number of anilines is 1. The number of nitrogens with one attached hydrogen (secondary N) is 1. The summed E-state index contributed by atoms with van der Waals surface area (Å²) in [5.41, 5.74) is 0.468. The molecule has 7 heteroatoms. The van der Waals surface area contributed by atoms with E-state index in [0.717, 1.165) is 4.47 Å². The molecule has 0 saturated heterocycles. The third-order valence-corrected chi connectivity index (χ3v) is 3.10. The number of amides is 1. The van der Waals surface area contributed by atoms with Gasteiger partial charge in [0.2, 0.25) is 5.91 Å². The van der Waals surface area contributed by atoms with Gasteiger partial charge >= 0.3 is 0 Å². The maximum absolute atomic E-state index is 12.0. The topological polar surface area (TPSA) is 59.8 Å². The Kier molecular flexibility index (Phi) is 3.98. The highest BCUT2D eigenvalue weighted by molar-refractivity contribution is 9.10. The molecule has 94 valence electrons. The fourth-order valence-corrected chi connectivity index (χ4v) is 1.86. The lowest BCUT2D eigenvalue weighted by Crippen LogP contribution is -2.24. The number of aromatic nitrogens is 3. The van der Waals surface area contributed by atoms with Crippen LogP contribution in [0.15, 0.2) is 35.2 Å². The summed E-state index contributed by atoms with van der Waals surface area (Å²) < 4.78 is 2.31. The predicted octanol–water partition coefficient (Wildman–Crippen LogP) is 2.89. The normalized spacial score (nSPS) is 12.2. The van der Waals surface area contributed by atoms with Gasteiger partial charge in [0, 0.05) is 23.1 Å². The molecule has 0 radical (unpaired) electrons. The van der Waals surface area contributed by atoms with Crippen LogP contribution in [0.3, 0.4) is 0 Å². The zero-order valence-electron chi connectivity index (χ0n) is 9.47. The van der Waals surface area contributed by atoms with Gasteiger partial charge in [-0.2, -0.15) is 5.10 Å². The molecule has 1 amide bonds. The molecule has 0 spiro atoms. The van der Waals surface area contributed by atoms with Gasteiger partial charge in [0.05, 0.1) is 5.69 Å². The molecule has 0 aliphatic heterocycles. The molecule has 1 unspecified atom stereocenters. The van der Waals surface area contributed by atoms with Gasteiger partial charge < -0.3 is 5.32 Å². The smallest absolute Gasteiger partial charge is 0.249 e. The molecule has 0 aliphatic rings. The number of hydrogen-bond donors (Lipinski definition) is 1. The van der Waals surface area contributed by atoms with Gasteiger partial charge in [0.1, 0.15) is 6.04 Å². The first-order valence-electron chi connectivity index (χ1n) is 5.19. The lowest BCUT2D eigenvalue weighted by molar-refractivity contribution is -0.119. The van der Waals surface area contributed by atoms with E-state index in [4.69, 9.17) is 11.6 Å². The minimum absolute atomic E-state index is 0.208. The second kappa shape index (κ2) is 5.49. The Morgan fingerprint density at radius 2 is 2.39 bits per heavy atom. The van der Waals surface area contributed by atoms with Crippen LogP contribution in [0.25, 0.3) is 0 Å². The summed E-state index contributed by atoms with van der Waals surface area (Å²) in [6.45, 7) is 1.75. The van der Waals surface area contributed by atoms with E-state index < -0.39 is 6.04 Å². The van der Waals surface area contributed by atoms with Crippen molar-refractivity contribution < 1.29 is 4.79 Å². The van der Waals surface area contributed by atoms with Crippen LogP contribution in [0.4, 0.5) is 5.69 Å². The minimum Gasteiger partial charge on any atom is -0.322 e. The molecule has 0 aromatic carbocycles. The number of pyridine rings is 1. The number of carbonyl (C=O) groups excluding carboxylic acids is 1. The van der Waals surface area contributed by atoms with Crippen LogP contribution >= 0.6 is 27.5 Å². The van der Waals surface area contributed by atoms with Crippen LogP contribution < -0.4 is 5.32 Å². The number of rotatable bonds is 3. The molecule has 2 aromatic heterocycles. The summed E-state index contributed by atoms with van der Waals surface area (Å²) in [7, 11) is 0. The molecule has 0 aliphatic carbocycles. The molecule has 1 N–H and O–H groups in total. The van der Waals surface area contributed by atoms with E-state index in [2.05, 4.69) is 31.3 Å². The number of hydrogen-bond acceptors (Lipinski definition) is 3. The summed E-state index contributed by atoms with van der Waals surface area (Å²) in [5.74, 6) is -0.208. The van der Waals surface area contributed by atoms with Crippen molar-refractivity contribution in [2.24, 2.45) is 0 Å². The fraction of sp³-hybridized carbons (Fsp3) is 0.182. The van der Waals surface area contributed by atoms with Crippen molar-refractivity contribution in [3.05, 3.63) is 40.3 Å². The fourth-order valence-electron chi connectivity index (χ4n) is 1.38. The highest BCUT2D eigenvalue weighted by Gasteiger charge is 2.16. The predicted molar refractivity (Wildman–Crippen MR) is 72.5 cm³/mol. The first-order valence-corrected chi connectivity index (χ1v) is 6.36. The SMILES string of the molecule is CC(C(=O)Nc1cc(Br)cnc1Cl)n1cccn1.